The number of nitro benzene ring substituents is 1. The normalized spacial score (nSPS) is 11.0. The summed E-state index contributed by atoms with van der Waals surface area (Å²) in [6.45, 7) is 0. The van der Waals surface area contributed by atoms with Gasteiger partial charge < -0.3 is 4.74 Å². The molecule has 2 N–H and O–H groups in total. The lowest BCUT2D eigenvalue weighted by molar-refractivity contribution is -0.385. The zero-order valence-electron chi connectivity index (χ0n) is 16.4. The maximum atomic E-state index is 12.5. The van der Waals surface area contributed by atoms with E-state index in [0.717, 1.165) is 16.3 Å². The number of ether oxygens (including phenoxy) is 1. The Morgan fingerprint density at radius 2 is 1.94 bits per heavy atom. The molecule has 0 radical (unpaired) electrons. The van der Waals surface area contributed by atoms with E-state index in [4.69, 9.17) is 4.74 Å². The van der Waals surface area contributed by atoms with E-state index in [0.29, 0.717) is 11.4 Å². The zero-order chi connectivity index (χ0) is 21.8. The molecule has 9 heteroatoms. The molecule has 31 heavy (non-hydrogen) atoms. The van der Waals surface area contributed by atoms with E-state index in [1.807, 2.05) is 36.4 Å². The first-order valence-electron chi connectivity index (χ1n) is 9.27. The molecule has 154 valence electrons. The molecule has 4 aromatic rings. The van der Waals surface area contributed by atoms with Gasteiger partial charge in [0.2, 0.25) is 0 Å². The van der Waals surface area contributed by atoms with Crippen molar-refractivity contribution in [3.8, 4) is 17.0 Å². The van der Waals surface area contributed by atoms with Crippen LogP contribution in [0.5, 0.6) is 5.75 Å². The van der Waals surface area contributed by atoms with E-state index >= 15 is 0 Å². The summed E-state index contributed by atoms with van der Waals surface area (Å²) < 4.78 is 5.49. The molecule has 1 heterocycles. The molecule has 0 saturated heterocycles. The maximum absolute atomic E-state index is 12.5. The summed E-state index contributed by atoms with van der Waals surface area (Å²) in [5.74, 6) is 0.0966. The first-order chi connectivity index (χ1) is 15.1. The SMILES string of the molecule is COc1ccc2ccccc2c1-c1cc(C(=O)N/N=C\c2ccccc2[N+](=O)[O-])[nH]n1. The molecule has 0 spiro atoms. The van der Waals surface area contributed by atoms with Crippen LogP contribution in [0.25, 0.3) is 22.0 Å². The Kier molecular flexibility index (Phi) is 5.39. The summed E-state index contributed by atoms with van der Waals surface area (Å²) in [7, 11) is 1.57. The summed E-state index contributed by atoms with van der Waals surface area (Å²) in [4.78, 5) is 23.0. The molecule has 0 saturated carbocycles. The highest BCUT2D eigenvalue weighted by atomic mass is 16.6. The summed E-state index contributed by atoms with van der Waals surface area (Å²) in [5, 5.41) is 23.8. The number of fused-ring (bicyclic) bond motifs is 1. The monoisotopic (exact) mass is 415 g/mol. The molecular formula is C22H17N5O4. The van der Waals surface area contributed by atoms with Gasteiger partial charge in [-0.05, 0) is 29.0 Å². The Labute approximate surface area is 176 Å². The molecule has 0 aliphatic carbocycles. The van der Waals surface area contributed by atoms with Crippen LogP contribution >= 0.6 is 0 Å². The van der Waals surface area contributed by atoms with Crippen molar-refractivity contribution in [1.82, 2.24) is 15.6 Å². The number of carbonyl (C=O) groups is 1. The molecule has 0 unspecified atom stereocenters. The predicted molar refractivity (Wildman–Crippen MR) is 116 cm³/mol. The number of carbonyl (C=O) groups excluding carboxylic acids is 1. The molecule has 4 rings (SSSR count). The van der Waals surface area contributed by atoms with Gasteiger partial charge in [-0.25, -0.2) is 5.43 Å². The molecule has 0 aliphatic rings. The molecular weight excluding hydrogens is 398 g/mol. The molecule has 0 aliphatic heterocycles. The van der Waals surface area contributed by atoms with Gasteiger partial charge in [-0.1, -0.05) is 42.5 Å². The van der Waals surface area contributed by atoms with Crippen LogP contribution in [-0.4, -0.2) is 34.4 Å². The van der Waals surface area contributed by atoms with Crippen LogP contribution in [0.15, 0.2) is 71.8 Å². The van der Waals surface area contributed by atoms with Crippen LogP contribution in [-0.2, 0) is 0 Å². The van der Waals surface area contributed by atoms with Crippen molar-refractivity contribution in [1.29, 1.82) is 0 Å². The van der Waals surface area contributed by atoms with E-state index in [1.54, 1.807) is 25.3 Å². The average molecular weight is 415 g/mol. The minimum atomic E-state index is -0.534. The summed E-state index contributed by atoms with van der Waals surface area (Å²) in [6, 6.07) is 19.3. The van der Waals surface area contributed by atoms with Gasteiger partial charge in [-0.2, -0.15) is 10.2 Å². The van der Waals surface area contributed by atoms with E-state index in [1.165, 1.54) is 18.3 Å². The predicted octanol–water partition coefficient (Wildman–Crippen LogP) is 3.91. The summed E-state index contributed by atoms with van der Waals surface area (Å²) >= 11 is 0. The second kappa shape index (κ2) is 8.46. The van der Waals surface area contributed by atoms with Crippen molar-refractivity contribution in [2.45, 2.75) is 0 Å². The number of hydrogen-bond donors (Lipinski definition) is 2. The van der Waals surface area contributed by atoms with Crippen LogP contribution in [0.3, 0.4) is 0 Å². The molecule has 0 fully saturated rings. The fourth-order valence-corrected chi connectivity index (χ4v) is 3.24. The third kappa shape index (κ3) is 3.97. The molecule has 0 bridgehead atoms. The number of aromatic amines is 1. The van der Waals surface area contributed by atoms with Crippen molar-refractivity contribution in [3.05, 3.63) is 88.1 Å². The number of hydrazone groups is 1. The number of H-pyrrole nitrogens is 1. The van der Waals surface area contributed by atoms with Crippen molar-refractivity contribution in [2.75, 3.05) is 7.11 Å². The fraction of sp³-hybridized carbons (Fsp3) is 0.0455. The molecule has 0 atom stereocenters. The number of para-hydroxylation sites is 1. The maximum Gasteiger partial charge on any atom is 0.289 e. The molecule has 9 nitrogen and oxygen atoms in total. The molecule has 1 aromatic heterocycles. The number of hydrogen-bond acceptors (Lipinski definition) is 6. The van der Waals surface area contributed by atoms with Gasteiger partial charge in [0, 0.05) is 6.07 Å². The fourth-order valence-electron chi connectivity index (χ4n) is 3.24. The number of amides is 1. The number of aromatic nitrogens is 2. The Balaban J connectivity index is 1.58. The Morgan fingerprint density at radius 1 is 1.16 bits per heavy atom. The van der Waals surface area contributed by atoms with E-state index in [9.17, 15) is 14.9 Å². The lowest BCUT2D eigenvalue weighted by atomic mass is 10.0. The van der Waals surface area contributed by atoms with E-state index < -0.39 is 10.8 Å². The Morgan fingerprint density at radius 3 is 2.74 bits per heavy atom. The first kappa shape index (κ1) is 19.8. The van der Waals surface area contributed by atoms with Crippen LogP contribution < -0.4 is 10.2 Å². The smallest absolute Gasteiger partial charge is 0.289 e. The van der Waals surface area contributed by atoms with Gasteiger partial charge in [-0.3, -0.25) is 20.0 Å². The minimum Gasteiger partial charge on any atom is -0.496 e. The van der Waals surface area contributed by atoms with Gasteiger partial charge in [0.25, 0.3) is 11.6 Å². The van der Waals surface area contributed by atoms with Crippen molar-refractivity contribution >= 4 is 28.6 Å². The van der Waals surface area contributed by atoms with Crippen molar-refractivity contribution in [3.63, 3.8) is 0 Å². The standard InChI is InChI=1S/C22H17N5O4/c1-31-20-11-10-14-6-2-4-8-16(14)21(20)17-12-18(25-24-17)22(28)26-23-13-15-7-3-5-9-19(15)27(29)30/h2-13H,1H3,(H,24,25)(H,26,28)/b23-13-. The Bertz CT molecular complexity index is 1310. The quantitative estimate of drug-likeness (QED) is 0.281. The highest BCUT2D eigenvalue weighted by Crippen LogP contribution is 2.36. The minimum absolute atomic E-state index is 0.104. The highest BCUT2D eigenvalue weighted by Gasteiger charge is 2.16. The van der Waals surface area contributed by atoms with E-state index in [2.05, 4.69) is 20.7 Å². The van der Waals surface area contributed by atoms with Gasteiger partial charge in [0.05, 0.1) is 35.1 Å². The van der Waals surface area contributed by atoms with Gasteiger partial charge in [0.15, 0.2) is 0 Å². The number of nitrogens with zero attached hydrogens (tertiary/aromatic N) is 3. The van der Waals surface area contributed by atoms with Gasteiger partial charge in [0.1, 0.15) is 11.4 Å². The first-order valence-corrected chi connectivity index (χ1v) is 9.27. The zero-order valence-corrected chi connectivity index (χ0v) is 16.4. The van der Waals surface area contributed by atoms with Crippen LogP contribution in [0.4, 0.5) is 5.69 Å². The van der Waals surface area contributed by atoms with Crippen LogP contribution in [0.1, 0.15) is 16.1 Å². The van der Waals surface area contributed by atoms with Gasteiger partial charge >= 0.3 is 0 Å². The van der Waals surface area contributed by atoms with Crippen LogP contribution in [0.2, 0.25) is 0 Å². The highest BCUT2D eigenvalue weighted by molar-refractivity contribution is 6.00. The number of benzene rings is 3. The number of nitro groups is 1. The lowest BCUT2D eigenvalue weighted by Crippen LogP contribution is -2.18. The van der Waals surface area contributed by atoms with Crippen molar-refractivity contribution < 1.29 is 14.5 Å². The second-order valence-corrected chi connectivity index (χ2v) is 6.55. The van der Waals surface area contributed by atoms with Crippen molar-refractivity contribution in [2.24, 2.45) is 5.10 Å². The third-order valence-corrected chi connectivity index (χ3v) is 4.69. The second-order valence-electron chi connectivity index (χ2n) is 6.55. The average Bonchev–Trinajstić information content (AvgIpc) is 3.28. The molecule has 1 amide bonds. The molecule has 3 aromatic carbocycles. The summed E-state index contributed by atoms with van der Waals surface area (Å²) in [5.41, 5.74) is 4.01. The largest absolute Gasteiger partial charge is 0.496 e. The van der Waals surface area contributed by atoms with Crippen LogP contribution in [0, 0.1) is 10.1 Å². The lowest BCUT2D eigenvalue weighted by Gasteiger charge is -2.09. The topological polar surface area (TPSA) is 123 Å². The Hall–Kier alpha value is -4.53. The summed E-state index contributed by atoms with van der Waals surface area (Å²) in [6.07, 6.45) is 1.22. The number of methoxy groups -OCH3 is 1. The number of rotatable bonds is 6. The third-order valence-electron chi connectivity index (χ3n) is 4.69. The van der Waals surface area contributed by atoms with E-state index in [-0.39, 0.29) is 16.9 Å². The van der Waals surface area contributed by atoms with Gasteiger partial charge in [-0.15, -0.1) is 0 Å². The number of nitrogens with one attached hydrogen (secondary N) is 2.